The average molecular weight is 483 g/mol. The zero-order chi connectivity index (χ0) is 24.1. The minimum atomic E-state index is -1.07. The van der Waals surface area contributed by atoms with E-state index in [9.17, 15) is 5.11 Å². The molecule has 2 heterocycles. The van der Waals surface area contributed by atoms with Crippen molar-refractivity contribution in [1.29, 1.82) is 0 Å². The van der Waals surface area contributed by atoms with Crippen molar-refractivity contribution < 1.29 is 9.84 Å². The van der Waals surface area contributed by atoms with Gasteiger partial charge in [0.1, 0.15) is 6.61 Å². The number of aliphatic hydroxyl groups excluding tert-OH is 1. The fourth-order valence-corrected chi connectivity index (χ4v) is 4.87. The van der Waals surface area contributed by atoms with E-state index in [0.717, 1.165) is 24.6 Å². The predicted molar refractivity (Wildman–Crippen MR) is 130 cm³/mol. The summed E-state index contributed by atoms with van der Waals surface area (Å²) in [6, 6.07) is 9.55. The summed E-state index contributed by atoms with van der Waals surface area (Å²) in [5.41, 5.74) is 0.827. The molecule has 0 spiro atoms. The fraction of sp³-hybridized carbons (Fsp3) is 0.680. The molecule has 10 nitrogen and oxygen atoms in total. The summed E-state index contributed by atoms with van der Waals surface area (Å²) in [6.45, 7) is 0.889. The van der Waals surface area contributed by atoms with E-state index in [1.54, 1.807) is 9.36 Å². The van der Waals surface area contributed by atoms with Gasteiger partial charge in [0.15, 0.2) is 17.9 Å². The molecule has 0 radical (unpaired) electrons. The summed E-state index contributed by atoms with van der Waals surface area (Å²) >= 11 is 0. The van der Waals surface area contributed by atoms with Crippen LogP contribution in [0.2, 0.25) is 0 Å². The lowest BCUT2D eigenvalue weighted by atomic mass is 9.87. The normalized spacial score (nSPS) is 16.1. The Labute approximate surface area is 207 Å². The fourth-order valence-electron chi connectivity index (χ4n) is 4.87. The van der Waals surface area contributed by atoms with Crippen molar-refractivity contribution in [3.8, 4) is 5.69 Å². The number of rotatable bonds is 13. The molecule has 1 N–H and O–H groups in total. The van der Waals surface area contributed by atoms with Gasteiger partial charge in [0, 0.05) is 6.54 Å². The molecule has 35 heavy (non-hydrogen) atoms. The third-order valence-electron chi connectivity index (χ3n) is 6.86. The molecule has 0 bridgehead atoms. The zero-order valence-corrected chi connectivity index (χ0v) is 20.6. The minimum absolute atomic E-state index is 0.128. The SMILES string of the molecule is OC(Cc1nnnn1-c1ccccc1)OCc1nnnn1CCCCCCC1CCCCCCC1. The molecular weight excluding hydrogens is 444 g/mol. The van der Waals surface area contributed by atoms with Crippen molar-refractivity contribution >= 4 is 0 Å². The van der Waals surface area contributed by atoms with Crippen molar-refractivity contribution in [2.45, 2.75) is 103 Å². The maximum absolute atomic E-state index is 10.4. The molecule has 2 aromatic heterocycles. The highest BCUT2D eigenvalue weighted by Gasteiger charge is 2.16. The molecule has 1 aromatic carbocycles. The quantitative estimate of drug-likeness (QED) is 0.287. The van der Waals surface area contributed by atoms with E-state index in [1.807, 2.05) is 30.3 Å². The minimum Gasteiger partial charge on any atom is -0.368 e. The van der Waals surface area contributed by atoms with E-state index >= 15 is 0 Å². The molecule has 0 amide bonds. The van der Waals surface area contributed by atoms with Gasteiger partial charge in [-0.1, -0.05) is 88.8 Å². The molecule has 1 aliphatic carbocycles. The number of aliphatic hydroxyl groups is 1. The van der Waals surface area contributed by atoms with Crippen LogP contribution in [0.15, 0.2) is 30.3 Å². The summed E-state index contributed by atoms with van der Waals surface area (Å²) in [6.07, 6.45) is 15.3. The second-order valence-corrected chi connectivity index (χ2v) is 9.54. The first-order chi connectivity index (χ1) is 17.3. The van der Waals surface area contributed by atoms with Gasteiger partial charge in [-0.2, -0.15) is 4.68 Å². The van der Waals surface area contributed by atoms with Crippen LogP contribution in [0.25, 0.3) is 5.69 Å². The molecular formula is C25H38N8O2. The second-order valence-electron chi connectivity index (χ2n) is 9.54. The Bertz CT molecular complexity index is 969. The summed E-state index contributed by atoms with van der Waals surface area (Å²) in [4.78, 5) is 0. The summed E-state index contributed by atoms with van der Waals surface area (Å²) in [7, 11) is 0. The highest BCUT2D eigenvalue weighted by molar-refractivity contribution is 5.30. The first-order valence-corrected chi connectivity index (χ1v) is 13.2. The lowest BCUT2D eigenvalue weighted by Gasteiger charge is -2.19. The maximum atomic E-state index is 10.4. The lowest BCUT2D eigenvalue weighted by Crippen LogP contribution is -2.19. The van der Waals surface area contributed by atoms with E-state index in [4.69, 9.17) is 4.74 Å². The Morgan fingerprint density at radius 1 is 0.857 bits per heavy atom. The third-order valence-corrected chi connectivity index (χ3v) is 6.86. The zero-order valence-electron chi connectivity index (χ0n) is 20.6. The maximum Gasteiger partial charge on any atom is 0.177 e. The molecule has 4 rings (SSSR count). The molecule has 190 valence electrons. The Morgan fingerprint density at radius 2 is 1.57 bits per heavy atom. The van der Waals surface area contributed by atoms with Crippen LogP contribution >= 0.6 is 0 Å². The van der Waals surface area contributed by atoms with Crippen molar-refractivity contribution in [1.82, 2.24) is 40.4 Å². The van der Waals surface area contributed by atoms with Crippen LogP contribution in [0, 0.1) is 5.92 Å². The first-order valence-electron chi connectivity index (χ1n) is 13.2. The summed E-state index contributed by atoms with van der Waals surface area (Å²) in [5, 5.41) is 34.1. The molecule has 1 saturated carbocycles. The number of aromatic nitrogens is 8. The first kappa shape index (κ1) is 25.4. The molecule has 0 saturated heterocycles. The van der Waals surface area contributed by atoms with Crippen LogP contribution in [0.4, 0.5) is 0 Å². The van der Waals surface area contributed by atoms with Crippen LogP contribution in [-0.4, -0.2) is 51.8 Å². The van der Waals surface area contributed by atoms with Crippen molar-refractivity contribution in [2.24, 2.45) is 5.92 Å². The summed E-state index contributed by atoms with van der Waals surface area (Å²) in [5.74, 6) is 2.08. The number of unbranched alkanes of at least 4 members (excludes halogenated alkanes) is 3. The van der Waals surface area contributed by atoms with E-state index in [2.05, 4.69) is 31.1 Å². The number of ether oxygens (including phenoxy) is 1. The van der Waals surface area contributed by atoms with Crippen LogP contribution in [0.5, 0.6) is 0 Å². The Morgan fingerprint density at radius 3 is 2.40 bits per heavy atom. The predicted octanol–water partition coefficient (Wildman–Crippen LogP) is 4.04. The Kier molecular flexibility index (Phi) is 10.1. The highest BCUT2D eigenvalue weighted by Crippen LogP contribution is 2.26. The van der Waals surface area contributed by atoms with Gasteiger partial charge in [-0.15, -0.1) is 10.2 Å². The molecule has 3 aromatic rings. The topological polar surface area (TPSA) is 117 Å². The molecule has 1 aliphatic rings. The number of aryl methyl sites for hydroxylation is 1. The van der Waals surface area contributed by atoms with Gasteiger partial charge in [-0.3, -0.25) is 0 Å². The van der Waals surface area contributed by atoms with E-state index in [-0.39, 0.29) is 13.0 Å². The number of para-hydroxylation sites is 1. The van der Waals surface area contributed by atoms with E-state index < -0.39 is 6.29 Å². The standard InChI is InChI=1S/C25H38N8O2/c34-25(19-23-26-29-31-33(23)22-16-10-6-11-17-22)35-20-24-27-28-30-32(24)18-12-5-4-9-15-21-13-7-2-1-3-8-14-21/h6,10-11,16-17,21,25,34H,1-5,7-9,12-15,18-20H2. The number of benzene rings is 1. The van der Waals surface area contributed by atoms with Crippen LogP contribution in [0.3, 0.4) is 0 Å². The monoisotopic (exact) mass is 482 g/mol. The van der Waals surface area contributed by atoms with E-state index in [1.165, 1.54) is 70.6 Å². The van der Waals surface area contributed by atoms with Gasteiger partial charge in [-0.25, -0.2) is 4.68 Å². The Hall–Kier alpha value is -2.72. The molecule has 10 heteroatoms. The molecule has 1 fully saturated rings. The number of nitrogens with zero attached hydrogens (tertiary/aromatic N) is 8. The van der Waals surface area contributed by atoms with Crippen molar-refractivity contribution in [3.63, 3.8) is 0 Å². The Balaban J connectivity index is 1.14. The van der Waals surface area contributed by atoms with Crippen molar-refractivity contribution in [2.75, 3.05) is 0 Å². The highest BCUT2D eigenvalue weighted by atomic mass is 16.6. The van der Waals surface area contributed by atoms with Gasteiger partial charge in [0.05, 0.1) is 12.1 Å². The van der Waals surface area contributed by atoms with Crippen molar-refractivity contribution in [3.05, 3.63) is 42.0 Å². The molecule has 1 atom stereocenters. The molecule has 1 unspecified atom stereocenters. The van der Waals surface area contributed by atoms with E-state index in [0.29, 0.717) is 11.6 Å². The lowest BCUT2D eigenvalue weighted by molar-refractivity contribution is -0.110. The van der Waals surface area contributed by atoms with Crippen LogP contribution < -0.4 is 0 Å². The number of hydrogen-bond donors (Lipinski definition) is 1. The van der Waals surface area contributed by atoms with Gasteiger partial charge in [0.2, 0.25) is 0 Å². The number of hydrogen-bond acceptors (Lipinski definition) is 8. The third kappa shape index (κ3) is 8.17. The smallest absolute Gasteiger partial charge is 0.177 e. The largest absolute Gasteiger partial charge is 0.368 e. The second kappa shape index (κ2) is 14.0. The summed E-state index contributed by atoms with van der Waals surface area (Å²) < 4.78 is 8.97. The van der Waals surface area contributed by atoms with Crippen LogP contribution in [-0.2, 0) is 24.3 Å². The average Bonchev–Trinajstić information content (AvgIpc) is 3.51. The van der Waals surface area contributed by atoms with Crippen LogP contribution in [0.1, 0.15) is 88.7 Å². The van der Waals surface area contributed by atoms with Gasteiger partial charge < -0.3 is 9.84 Å². The van der Waals surface area contributed by atoms with Gasteiger partial charge in [0.25, 0.3) is 0 Å². The van der Waals surface area contributed by atoms with Gasteiger partial charge in [-0.05, 0) is 45.3 Å². The number of tetrazole rings is 2. The molecule has 0 aliphatic heterocycles. The van der Waals surface area contributed by atoms with Gasteiger partial charge >= 0.3 is 0 Å².